The highest BCUT2D eigenvalue weighted by molar-refractivity contribution is 7.12. The molecule has 2 aliphatic heterocycles. The zero-order chi connectivity index (χ0) is 12.9. The molecule has 2 atom stereocenters. The third-order valence-corrected chi connectivity index (χ3v) is 5.75. The van der Waals surface area contributed by atoms with E-state index in [4.69, 9.17) is 11.6 Å². The largest absolute Gasteiger partial charge is 0.332 e. The first-order valence-electron chi connectivity index (χ1n) is 6.27. The number of likely N-dealkylation sites (tertiary alicyclic amines) is 1. The van der Waals surface area contributed by atoms with Crippen LogP contribution in [0.1, 0.15) is 23.5 Å². The van der Waals surface area contributed by atoms with Crippen molar-refractivity contribution < 1.29 is 4.79 Å². The molecule has 2 aliphatic rings. The SMILES string of the molecule is CC1(C)C2CNCC2CN1C(=O)c1sccc1Cl. The third kappa shape index (κ3) is 1.70. The van der Waals surface area contributed by atoms with Crippen LogP contribution in [-0.2, 0) is 0 Å². The number of halogens is 1. The molecule has 0 aromatic carbocycles. The normalized spacial score (nSPS) is 29.6. The van der Waals surface area contributed by atoms with Gasteiger partial charge in [-0.25, -0.2) is 0 Å². The van der Waals surface area contributed by atoms with Gasteiger partial charge in [0.15, 0.2) is 0 Å². The molecule has 98 valence electrons. The van der Waals surface area contributed by atoms with Gasteiger partial charge in [-0.2, -0.15) is 0 Å². The molecular formula is C13H17ClN2OS. The van der Waals surface area contributed by atoms with E-state index in [1.165, 1.54) is 11.3 Å². The first kappa shape index (κ1) is 12.5. The maximum absolute atomic E-state index is 12.6. The molecule has 5 heteroatoms. The Bertz CT molecular complexity index is 485. The van der Waals surface area contributed by atoms with Gasteiger partial charge in [0.1, 0.15) is 4.88 Å². The highest BCUT2D eigenvalue weighted by Gasteiger charge is 2.51. The number of thiophene rings is 1. The van der Waals surface area contributed by atoms with E-state index in [-0.39, 0.29) is 11.4 Å². The molecule has 1 N–H and O–H groups in total. The Labute approximate surface area is 116 Å². The molecule has 3 rings (SSSR count). The Morgan fingerprint density at radius 2 is 2.33 bits per heavy atom. The standard InChI is InChI=1S/C13H17ClN2OS/c1-13(2)9-6-15-5-8(9)7-16(13)12(17)11-10(14)3-4-18-11/h3-4,8-9,15H,5-7H2,1-2H3. The van der Waals surface area contributed by atoms with Gasteiger partial charge in [0.25, 0.3) is 5.91 Å². The number of nitrogens with one attached hydrogen (secondary N) is 1. The Morgan fingerprint density at radius 3 is 2.94 bits per heavy atom. The Morgan fingerprint density at radius 1 is 1.56 bits per heavy atom. The molecular weight excluding hydrogens is 268 g/mol. The van der Waals surface area contributed by atoms with Crippen LogP contribution in [0.25, 0.3) is 0 Å². The van der Waals surface area contributed by atoms with Gasteiger partial charge in [0.2, 0.25) is 0 Å². The monoisotopic (exact) mass is 284 g/mol. The molecule has 0 bridgehead atoms. The molecule has 1 aromatic rings. The highest BCUT2D eigenvalue weighted by Crippen LogP contribution is 2.42. The maximum atomic E-state index is 12.6. The van der Waals surface area contributed by atoms with Crippen molar-refractivity contribution in [2.24, 2.45) is 11.8 Å². The van der Waals surface area contributed by atoms with Crippen molar-refractivity contribution in [3.8, 4) is 0 Å². The van der Waals surface area contributed by atoms with Gasteiger partial charge < -0.3 is 10.2 Å². The molecule has 0 saturated carbocycles. The van der Waals surface area contributed by atoms with E-state index in [2.05, 4.69) is 19.2 Å². The number of hydrogen-bond donors (Lipinski definition) is 1. The fourth-order valence-electron chi connectivity index (χ4n) is 3.34. The van der Waals surface area contributed by atoms with Gasteiger partial charge in [-0.15, -0.1) is 11.3 Å². The predicted molar refractivity (Wildman–Crippen MR) is 74.3 cm³/mol. The first-order valence-corrected chi connectivity index (χ1v) is 7.53. The van der Waals surface area contributed by atoms with Crippen molar-refractivity contribution in [1.82, 2.24) is 10.2 Å². The van der Waals surface area contributed by atoms with E-state index in [0.717, 1.165) is 19.6 Å². The quantitative estimate of drug-likeness (QED) is 0.859. The summed E-state index contributed by atoms with van der Waals surface area (Å²) in [6.45, 7) is 7.22. The van der Waals surface area contributed by atoms with Crippen LogP contribution in [-0.4, -0.2) is 36.0 Å². The lowest BCUT2D eigenvalue weighted by atomic mass is 9.85. The lowest BCUT2D eigenvalue weighted by Crippen LogP contribution is -2.47. The Kier molecular flexibility index (Phi) is 2.92. The predicted octanol–water partition coefficient (Wildman–Crippen LogP) is 2.47. The molecule has 3 nitrogen and oxygen atoms in total. The molecule has 2 fully saturated rings. The highest BCUT2D eigenvalue weighted by atomic mass is 35.5. The number of nitrogens with zero attached hydrogens (tertiary/aromatic N) is 1. The van der Waals surface area contributed by atoms with Crippen molar-refractivity contribution >= 4 is 28.8 Å². The summed E-state index contributed by atoms with van der Waals surface area (Å²) in [5, 5.41) is 5.88. The third-order valence-electron chi connectivity index (χ3n) is 4.42. The number of rotatable bonds is 1. The fourth-order valence-corrected chi connectivity index (χ4v) is 4.42. The summed E-state index contributed by atoms with van der Waals surface area (Å²) in [6.07, 6.45) is 0. The van der Waals surface area contributed by atoms with Gasteiger partial charge >= 0.3 is 0 Å². The molecule has 1 amide bonds. The van der Waals surface area contributed by atoms with Crippen molar-refractivity contribution in [3.63, 3.8) is 0 Å². The van der Waals surface area contributed by atoms with Crippen LogP contribution < -0.4 is 5.32 Å². The lowest BCUT2D eigenvalue weighted by molar-refractivity contribution is 0.0608. The van der Waals surface area contributed by atoms with E-state index < -0.39 is 0 Å². The molecule has 0 aliphatic carbocycles. The maximum Gasteiger partial charge on any atom is 0.265 e. The van der Waals surface area contributed by atoms with Gasteiger partial charge in [0, 0.05) is 25.2 Å². The van der Waals surface area contributed by atoms with Crippen molar-refractivity contribution in [1.29, 1.82) is 0 Å². The van der Waals surface area contributed by atoms with Crippen LogP contribution >= 0.6 is 22.9 Å². The van der Waals surface area contributed by atoms with Crippen LogP contribution in [0, 0.1) is 11.8 Å². The minimum absolute atomic E-state index is 0.0848. The summed E-state index contributed by atoms with van der Waals surface area (Å²) < 4.78 is 0. The zero-order valence-corrected chi connectivity index (χ0v) is 12.1. The summed E-state index contributed by atoms with van der Waals surface area (Å²) in [7, 11) is 0. The molecule has 18 heavy (non-hydrogen) atoms. The second kappa shape index (κ2) is 4.22. The van der Waals surface area contributed by atoms with Crippen molar-refractivity contribution in [2.75, 3.05) is 19.6 Å². The first-order chi connectivity index (χ1) is 8.51. The molecule has 3 heterocycles. The molecule has 1 aromatic heterocycles. The van der Waals surface area contributed by atoms with Gasteiger partial charge in [-0.3, -0.25) is 4.79 Å². The van der Waals surface area contributed by atoms with E-state index >= 15 is 0 Å². The van der Waals surface area contributed by atoms with Crippen LogP contribution in [0.5, 0.6) is 0 Å². The molecule has 0 radical (unpaired) electrons. The summed E-state index contributed by atoms with van der Waals surface area (Å²) >= 11 is 7.51. The van der Waals surface area contributed by atoms with E-state index in [0.29, 0.717) is 21.7 Å². The fraction of sp³-hybridized carbons (Fsp3) is 0.615. The minimum atomic E-state index is -0.0848. The van der Waals surface area contributed by atoms with Gasteiger partial charge in [-0.1, -0.05) is 11.6 Å². The minimum Gasteiger partial charge on any atom is -0.332 e. The lowest BCUT2D eigenvalue weighted by Gasteiger charge is -2.35. The van der Waals surface area contributed by atoms with E-state index in [1.807, 2.05) is 10.3 Å². The Balaban J connectivity index is 1.90. The van der Waals surface area contributed by atoms with Crippen LogP contribution in [0.4, 0.5) is 0 Å². The number of fused-ring (bicyclic) bond motifs is 1. The van der Waals surface area contributed by atoms with E-state index in [9.17, 15) is 4.79 Å². The second-order valence-electron chi connectivity index (χ2n) is 5.69. The number of carbonyl (C=O) groups excluding carboxylic acids is 1. The summed E-state index contributed by atoms with van der Waals surface area (Å²) in [4.78, 5) is 15.3. The number of amides is 1. The number of hydrogen-bond acceptors (Lipinski definition) is 3. The van der Waals surface area contributed by atoms with Gasteiger partial charge in [0.05, 0.1) is 5.02 Å². The van der Waals surface area contributed by atoms with Crippen molar-refractivity contribution in [2.45, 2.75) is 19.4 Å². The summed E-state index contributed by atoms with van der Waals surface area (Å²) in [6, 6.07) is 1.80. The Hall–Kier alpha value is -0.580. The summed E-state index contributed by atoms with van der Waals surface area (Å²) in [5.74, 6) is 1.23. The van der Waals surface area contributed by atoms with Crippen LogP contribution in [0.3, 0.4) is 0 Å². The van der Waals surface area contributed by atoms with Crippen molar-refractivity contribution in [3.05, 3.63) is 21.3 Å². The molecule has 2 saturated heterocycles. The summed E-state index contributed by atoms with van der Waals surface area (Å²) in [5.41, 5.74) is -0.0848. The molecule has 2 unspecified atom stereocenters. The van der Waals surface area contributed by atoms with Gasteiger partial charge in [-0.05, 0) is 37.1 Å². The topological polar surface area (TPSA) is 32.3 Å². The smallest absolute Gasteiger partial charge is 0.265 e. The second-order valence-corrected chi connectivity index (χ2v) is 7.02. The van der Waals surface area contributed by atoms with Crippen LogP contribution in [0.15, 0.2) is 11.4 Å². The average molecular weight is 285 g/mol. The zero-order valence-electron chi connectivity index (χ0n) is 10.6. The number of carbonyl (C=O) groups is 1. The van der Waals surface area contributed by atoms with E-state index in [1.54, 1.807) is 6.07 Å². The van der Waals surface area contributed by atoms with Crippen LogP contribution in [0.2, 0.25) is 5.02 Å². The average Bonchev–Trinajstić information content (AvgIpc) is 2.96. The molecule has 0 spiro atoms.